The maximum Gasteiger partial charge on any atom is 0.490 e. The molecule has 3 rings (SSSR count). The Morgan fingerprint density at radius 3 is 1.88 bits per heavy atom. The van der Waals surface area contributed by atoms with Gasteiger partial charge in [0.15, 0.2) is 0 Å². The highest BCUT2D eigenvalue weighted by Gasteiger charge is 2.40. The van der Waals surface area contributed by atoms with E-state index < -0.39 is 24.3 Å². The molecule has 1 aromatic rings. The van der Waals surface area contributed by atoms with Gasteiger partial charge in [0.2, 0.25) is 0 Å². The van der Waals surface area contributed by atoms with Crippen LogP contribution in [0.2, 0.25) is 0 Å². The Labute approximate surface area is 190 Å². The third-order valence-corrected chi connectivity index (χ3v) is 6.18. The fourth-order valence-corrected chi connectivity index (χ4v) is 4.19. The zero-order valence-corrected chi connectivity index (χ0v) is 18.8. The number of likely N-dealkylation sites (tertiary alicyclic amines) is 1. The standard InChI is InChI=1S/C15H24N2OS.2C2HF3O2/c1-13-3-4-14(19-13)11-17-7-5-15(6-8-17)12-18-10-9-16(15)2;2*3-2(4,5)1(6)7/h3-4H,5-12H2,1-2H3;2*(H,6,7). The van der Waals surface area contributed by atoms with Crippen LogP contribution < -0.4 is 0 Å². The molecule has 0 amide bonds. The number of nitrogens with zero attached hydrogens (tertiary/aromatic N) is 2. The Kier molecular flexibility index (Phi) is 10.6. The molecule has 2 N–H and O–H groups in total. The van der Waals surface area contributed by atoms with Crippen molar-refractivity contribution in [2.75, 3.05) is 39.9 Å². The predicted octanol–water partition coefficient (Wildman–Crippen LogP) is 3.62. The molecule has 7 nitrogen and oxygen atoms in total. The summed E-state index contributed by atoms with van der Waals surface area (Å²) in [7, 11) is 2.26. The number of carbonyl (C=O) groups is 2. The minimum atomic E-state index is -5.08. The van der Waals surface area contributed by atoms with Gasteiger partial charge in [0.25, 0.3) is 0 Å². The molecule has 1 aromatic heterocycles. The van der Waals surface area contributed by atoms with Gasteiger partial charge in [-0.2, -0.15) is 26.3 Å². The molecule has 2 saturated heterocycles. The lowest BCUT2D eigenvalue weighted by Crippen LogP contribution is -2.59. The molecule has 33 heavy (non-hydrogen) atoms. The smallest absolute Gasteiger partial charge is 0.475 e. The summed E-state index contributed by atoms with van der Waals surface area (Å²) in [6.07, 6.45) is -7.68. The molecular weight excluding hydrogens is 482 g/mol. The number of halogens is 6. The first kappa shape index (κ1) is 29.1. The average Bonchev–Trinajstić information content (AvgIpc) is 3.10. The average molecular weight is 508 g/mol. The lowest BCUT2D eigenvalue weighted by Gasteiger charge is -2.49. The van der Waals surface area contributed by atoms with Crippen LogP contribution in [0.15, 0.2) is 12.1 Å². The molecule has 0 bridgehead atoms. The molecule has 1 spiro atoms. The summed E-state index contributed by atoms with van der Waals surface area (Å²) in [4.78, 5) is 25.8. The van der Waals surface area contributed by atoms with Crippen molar-refractivity contribution in [1.29, 1.82) is 0 Å². The molecule has 0 unspecified atom stereocenters. The topological polar surface area (TPSA) is 90.3 Å². The first-order valence-electron chi connectivity index (χ1n) is 9.74. The molecule has 190 valence electrons. The zero-order valence-electron chi connectivity index (χ0n) is 18.0. The number of hydrogen-bond acceptors (Lipinski definition) is 6. The van der Waals surface area contributed by atoms with E-state index in [0.29, 0.717) is 5.54 Å². The van der Waals surface area contributed by atoms with Crippen LogP contribution in [0.25, 0.3) is 0 Å². The number of likely N-dealkylation sites (N-methyl/N-ethyl adjacent to an activating group) is 1. The summed E-state index contributed by atoms with van der Waals surface area (Å²) >= 11 is 1.93. The van der Waals surface area contributed by atoms with Gasteiger partial charge < -0.3 is 14.9 Å². The van der Waals surface area contributed by atoms with Gasteiger partial charge in [-0.3, -0.25) is 9.80 Å². The Morgan fingerprint density at radius 1 is 1.03 bits per heavy atom. The number of alkyl halides is 6. The van der Waals surface area contributed by atoms with Crippen LogP contribution in [0.4, 0.5) is 26.3 Å². The van der Waals surface area contributed by atoms with Crippen LogP contribution in [-0.2, 0) is 20.9 Å². The molecule has 2 aliphatic rings. The fraction of sp³-hybridized carbons (Fsp3) is 0.684. The predicted molar refractivity (Wildman–Crippen MR) is 107 cm³/mol. The van der Waals surface area contributed by atoms with Gasteiger partial charge in [-0.1, -0.05) is 0 Å². The lowest BCUT2D eigenvalue weighted by molar-refractivity contribution is -0.193. The molecule has 14 heteroatoms. The van der Waals surface area contributed by atoms with Crippen LogP contribution >= 0.6 is 11.3 Å². The van der Waals surface area contributed by atoms with E-state index in [1.165, 1.54) is 35.7 Å². The molecule has 3 heterocycles. The molecule has 0 aromatic carbocycles. The Morgan fingerprint density at radius 2 is 1.52 bits per heavy atom. The van der Waals surface area contributed by atoms with E-state index in [9.17, 15) is 26.3 Å². The second-order valence-corrected chi connectivity index (χ2v) is 8.97. The summed E-state index contributed by atoms with van der Waals surface area (Å²) in [6.45, 7) is 8.62. The van der Waals surface area contributed by atoms with Crippen LogP contribution in [0.5, 0.6) is 0 Å². The zero-order chi connectivity index (χ0) is 25.4. The van der Waals surface area contributed by atoms with Gasteiger partial charge in [-0.05, 0) is 38.9 Å². The van der Waals surface area contributed by atoms with E-state index in [-0.39, 0.29) is 0 Å². The number of rotatable bonds is 2. The van der Waals surface area contributed by atoms with Crippen molar-refractivity contribution in [3.8, 4) is 0 Å². The number of ether oxygens (including phenoxy) is 1. The number of carboxylic acids is 2. The summed E-state index contributed by atoms with van der Waals surface area (Å²) in [5.41, 5.74) is 0.320. The molecule has 0 radical (unpaired) electrons. The summed E-state index contributed by atoms with van der Waals surface area (Å²) in [5, 5.41) is 14.2. The number of aliphatic carboxylic acids is 2. The van der Waals surface area contributed by atoms with Gasteiger partial charge in [-0.15, -0.1) is 11.3 Å². The second kappa shape index (κ2) is 12.0. The van der Waals surface area contributed by atoms with Gasteiger partial charge in [0, 0.05) is 41.5 Å². The lowest BCUT2D eigenvalue weighted by atomic mass is 9.86. The van der Waals surface area contributed by atoms with E-state index in [1.54, 1.807) is 0 Å². The monoisotopic (exact) mass is 508 g/mol. The molecule has 0 atom stereocenters. The quantitative estimate of drug-likeness (QED) is 0.590. The number of piperidine rings is 1. The van der Waals surface area contributed by atoms with Crippen molar-refractivity contribution in [1.82, 2.24) is 9.80 Å². The van der Waals surface area contributed by atoms with Crippen LogP contribution in [0, 0.1) is 6.92 Å². The van der Waals surface area contributed by atoms with Crippen LogP contribution in [0.1, 0.15) is 22.6 Å². The van der Waals surface area contributed by atoms with Crippen molar-refractivity contribution in [3.05, 3.63) is 21.9 Å². The first-order chi connectivity index (χ1) is 15.1. The minimum Gasteiger partial charge on any atom is -0.475 e. The molecule has 0 aliphatic carbocycles. The van der Waals surface area contributed by atoms with E-state index in [2.05, 4.69) is 35.9 Å². The van der Waals surface area contributed by atoms with Crippen molar-refractivity contribution in [2.24, 2.45) is 0 Å². The highest BCUT2D eigenvalue weighted by molar-refractivity contribution is 7.11. The number of morpholine rings is 1. The number of aryl methyl sites for hydroxylation is 1. The summed E-state index contributed by atoms with van der Waals surface area (Å²) < 4.78 is 69.2. The number of thiophene rings is 1. The fourth-order valence-electron chi connectivity index (χ4n) is 3.25. The number of hydrogen-bond donors (Lipinski definition) is 2. The molecule has 0 saturated carbocycles. The van der Waals surface area contributed by atoms with Crippen molar-refractivity contribution in [3.63, 3.8) is 0 Å². The highest BCUT2D eigenvalue weighted by atomic mass is 32.1. The van der Waals surface area contributed by atoms with Crippen molar-refractivity contribution < 1.29 is 50.9 Å². The summed E-state index contributed by atoms with van der Waals surface area (Å²) in [5.74, 6) is -5.51. The molecule has 2 aliphatic heterocycles. The minimum absolute atomic E-state index is 0.320. The van der Waals surface area contributed by atoms with E-state index in [0.717, 1.165) is 26.3 Å². The third kappa shape index (κ3) is 9.86. The van der Waals surface area contributed by atoms with E-state index >= 15 is 0 Å². The normalized spacial score (nSPS) is 19.2. The first-order valence-corrected chi connectivity index (χ1v) is 10.6. The third-order valence-electron chi connectivity index (χ3n) is 5.20. The molecule has 2 fully saturated rings. The van der Waals surface area contributed by atoms with E-state index in [4.69, 9.17) is 24.5 Å². The van der Waals surface area contributed by atoms with Crippen LogP contribution in [0.3, 0.4) is 0 Å². The number of carboxylic acid groups (broad SMARTS) is 2. The Balaban J connectivity index is 0.000000324. The van der Waals surface area contributed by atoms with Crippen LogP contribution in [-0.4, -0.2) is 89.7 Å². The van der Waals surface area contributed by atoms with Gasteiger partial charge in [0.1, 0.15) is 0 Å². The van der Waals surface area contributed by atoms with Gasteiger partial charge in [-0.25, -0.2) is 9.59 Å². The van der Waals surface area contributed by atoms with Crippen molar-refractivity contribution >= 4 is 23.3 Å². The van der Waals surface area contributed by atoms with Crippen molar-refractivity contribution in [2.45, 2.75) is 44.2 Å². The Bertz CT molecular complexity index is 751. The SMILES string of the molecule is Cc1ccc(CN2CCC3(CC2)COCCN3C)s1.O=C(O)C(F)(F)F.O=C(O)C(F)(F)F. The molecular formula is C19H26F6N2O5S. The maximum absolute atomic E-state index is 10.6. The highest BCUT2D eigenvalue weighted by Crippen LogP contribution is 2.31. The largest absolute Gasteiger partial charge is 0.490 e. The Hall–Kier alpha value is -1.90. The van der Waals surface area contributed by atoms with E-state index in [1.807, 2.05) is 11.3 Å². The summed E-state index contributed by atoms with van der Waals surface area (Å²) in [6, 6.07) is 4.51. The van der Waals surface area contributed by atoms with Gasteiger partial charge >= 0.3 is 24.3 Å². The maximum atomic E-state index is 10.6. The second-order valence-electron chi connectivity index (χ2n) is 7.59. The van der Waals surface area contributed by atoms with Gasteiger partial charge in [0.05, 0.1) is 13.2 Å².